The molecule has 0 aliphatic heterocycles. The number of thiophene rings is 1. The molecule has 2 nitrogen and oxygen atoms in total. The molecular formula is C15H16BrNOS. The maximum atomic E-state index is 12.2. The molecule has 0 bridgehead atoms. The summed E-state index contributed by atoms with van der Waals surface area (Å²) in [6.45, 7) is 2.78. The summed E-state index contributed by atoms with van der Waals surface area (Å²) in [5.41, 5.74) is 2.48. The summed E-state index contributed by atoms with van der Waals surface area (Å²) in [5.74, 6) is 0.0651. The average molecular weight is 338 g/mol. The van der Waals surface area contributed by atoms with Gasteiger partial charge in [-0.2, -0.15) is 0 Å². The van der Waals surface area contributed by atoms with Crippen molar-refractivity contribution in [1.29, 1.82) is 0 Å². The van der Waals surface area contributed by atoms with E-state index < -0.39 is 0 Å². The number of carbonyl (C=O) groups excluding carboxylic acids is 1. The van der Waals surface area contributed by atoms with E-state index in [2.05, 4.69) is 47.1 Å². The molecule has 0 saturated heterocycles. The number of carbonyl (C=O) groups is 1. The molecule has 0 N–H and O–H groups in total. The molecule has 19 heavy (non-hydrogen) atoms. The molecule has 0 aliphatic carbocycles. The number of benzene rings is 1. The monoisotopic (exact) mass is 337 g/mol. The number of halogens is 1. The largest absolute Gasteiger partial charge is 0.337 e. The van der Waals surface area contributed by atoms with Crippen molar-refractivity contribution in [3.63, 3.8) is 0 Å². The molecule has 1 aromatic heterocycles. The number of rotatable bonds is 4. The van der Waals surface area contributed by atoms with Crippen LogP contribution in [0.2, 0.25) is 0 Å². The van der Waals surface area contributed by atoms with E-state index in [0.717, 1.165) is 20.6 Å². The van der Waals surface area contributed by atoms with Gasteiger partial charge < -0.3 is 4.90 Å². The van der Waals surface area contributed by atoms with Crippen molar-refractivity contribution in [2.45, 2.75) is 19.9 Å². The SMILES string of the molecule is CCc1ccc(CN(C)C(=O)c2ccc(Br)s2)cc1. The van der Waals surface area contributed by atoms with Gasteiger partial charge in [0.05, 0.1) is 8.66 Å². The lowest BCUT2D eigenvalue weighted by atomic mass is 10.1. The lowest BCUT2D eigenvalue weighted by Crippen LogP contribution is -2.25. The lowest BCUT2D eigenvalue weighted by Gasteiger charge is -2.16. The van der Waals surface area contributed by atoms with Gasteiger partial charge in [-0.1, -0.05) is 31.2 Å². The zero-order chi connectivity index (χ0) is 13.8. The Balaban J connectivity index is 2.03. The maximum absolute atomic E-state index is 12.2. The lowest BCUT2D eigenvalue weighted by molar-refractivity contribution is 0.0790. The van der Waals surface area contributed by atoms with E-state index in [4.69, 9.17) is 0 Å². The first-order chi connectivity index (χ1) is 9.10. The first kappa shape index (κ1) is 14.3. The Hall–Kier alpha value is -1.13. The van der Waals surface area contributed by atoms with Crippen molar-refractivity contribution in [3.8, 4) is 0 Å². The standard InChI is InChI=1S/C15H16BrNOS/c1-3-11-4-6-12(7-5-11)10-17(2)15(18)13-8-9-14(16)19-13/h4-9H,3,10H2,1-2H3. The second kappa shape index (κ2) is 6.35. The summed E-state index contributed by atoms with van der Waals surface area (Å²) in [4.78, 5) is 14.7. The van der Waals surface area contributed by atoms with Crippen molar-refractivity contribution in [1.82, 2.24) is 4.90 Å². The van der Waals surface area contributed by atoms with Crippen LogP contribution in [0.5, 0.6) is 0 Å². The Labute approximate surface area is 126 Å². The van der Waals surface area contributed by atoms with Crippen molar-refractivity contribution in [2.24, 2.45) is 0 Å². The highest BCUT2D eigenvalue weighted by Gasteiger charge is 2.13. The van der Waals surface area contributed by atoms with E-state index in [0.29, 0.717) is 6.54 Å². The van der Waals surface area contributed by atoms with E-state index in [9.17, 15) is 4.79 Å². The molecule has 1 aromatic carbocycles. The highest BCUT2D eigenvalue weighted by Crippen LogP contribution is 2.23. The molecule has 100 valence electrons. The number of hydrogen-bond acceptors (Lipinski definition) is 2. The van der Waals surface area contributed by atoms with Gasteiger partial charge in [0.2, 0.25) is 0 Å². The molecule has 0 radical (unpaired) electrons. The minimum Gasteiger partial charge on any atom is -0.337 e. The molecule has 4 heteroatoms. The zero-order valence-corrected chi connectivity index (χ0v) is 13.4. The molecule has 0 spiro atoms. The molecule has 0 saturated carbocycles. The highest BCUT2D eigenvalue weighted by atomic mass is 79.9. The Morgan fingerprint density at radius 1 is 1.16 bits per heavy atom. The summed E-state index contributed by atoms with van der Waals surface area (Å²) in [7, 11) is 1.84. The van der Waals surface area contributed by atoms with Crippen molar-refractivity contribution in [3.05, 3.63) is 56.2 Å². The second-order valence-corrected chi connectivity index (χ2v) is 6.90. The molecule has 0 atom stereocenters. The maximum Gasteiger partial charge on any atom is 0.264 e. The van der Waals surface area contributed by atoms with Gasteiger partial charge in [0.25, 0.3) is 5.91 Å². The van der Waals surface area contributed by atoms with Gasteiger partial charge in [-0.05, 0) is 45.6 Å². The van der Waals surface area contributed by atoms with Crippen LogP contribution >= 0.6 is 27.3 Å². The molecule has 2 rings (SSSR count). The second-order valence-electron chi connectivity index (χ2n) is 4.44. The first-order valence-corrected chi connectivity index (χ1v) is 7.79. The average Bonchev–Trinajstić information content (AvgIpc) is 2.85. The third-order valence-electron chi connectivity index (χ3n) is 2.98. The minimum absolute atomic E-state index is 0.0651. The summed E-state index contributed by atoms with van der Waals surface area (Å²) >= 11 is 4.85. The van der Waals surface area contributed by atoms with Gasteiger partial charge in [-0.15, -0.1) is 11.3 Å². The number of amides is 1. The number of aryl methyl sites for hydroxylation is 1. The quantitative estimate of drug-likeness (QED) is 0.812. The van der Waals surface area contributed by atoms with E-state index in [1.165, 1.54) is 16.9 Å². The van der Waals surface area contributed by atoms with Crippen LogP contribution < -0.4 is 0 Å². The van der Waals surface area contributed by atoms with E-state index in [-0.39, 0.29) is 5.91 Å². The highest BCUT2D eigenvalue weighted by molar-refractivity contribution is 9.11. The normalized spacial score (nSPS) is 10.5. The van der Waals surface area contributed by atoms with Crippen LogP contribution in [0.1, 0.15) is 27.7 Å². The van der Waals surface area contributed by atoms with Gasteiger partial charge >= 0.3 is 0 Å². The molecule has 0 unspecified atom stereocenters. The molecule has 0 aliphatic rings. The predicted octanol–water partition coefficient (Wildman–Crippen LogP) is 4.35. The van der Waals surface area contributed by atoms with Crippen LogP contribution in [0, 0.1) is 0 Å². The third kappa shape index (κ3) is 3.67. The van der Waals surface area contributed by atoms with E-state index in [1.54, 1.807) is 4.90 Å². The van der Waals surface area contributed by atoms with Crippen LogP contribution in [0.25, 0.3) is 0 Å². The molecule has 2 aromatic rings. The fraction of sp³-hybridized carbons (Fsp3) is 0.267. The summed E-state index contributed by atoms with van der Waals surface area (Å²) in [6.07, 6.45) is 1.04. The number of hydrogen-bond donors (Lipinski definition) is 0. The summed E-state index contributed by atoms with van der Waals surface area (Å²) < 4.78 is 0.983. The number of nitrogens with zero attached hydrogens (tertiary/aromatic N) is 1. The smallest absolute Gasteiger partial charge is 0.264 e. The van der Waals surface area contributed by atoms with E-state index in [1.807, 2.05) is 19.2 Å². The van der Waals surface area contributed by atoms with Gasteiger partial charge in [-0.3, -0.25) is 4.79 Å². The van der Waals surface area contributed by atoms with E-state index >= 15 is 0 Å². The molecule has 1 heterocycles. The minimum atomic E-state index is 0.0651. The summed E-state index contributed by atoms with van der Waals surface area (Å²) in [5, 5.41) is 0. The van der Waals surface area contributed by atoms with Crippen LogP contribution in [-0.2, 0) is 13.0 Å². The van der Waals surface area contributed by atoms with Crippen LogP contribution in [0.15, 0.2) is 40.2 Å². The van der Waals surface area contributed by atoms with Gasteiger partial charge in [0.15, 0.2) is 0 Å². The van der Waals surface area contributed by atoms with Crippen LogP contribution in [0.3, 0.4) is 0 Å². The Morgan fingerprint density at radius 3 is 2.32 bits per heavy atom. The first-order valence-electron chi connectivity index (χ1n) is 6.18. The van der Waals surface area contributed by atoms with Gasteiger partial charge in [0, 0.05) is 13.6 Å². The Kier molecular flexibility index (Phi) is 4.77. The molecule has 0 fully saturated rings. The third-order valence-corrected chi connectivity index (χ3v) is 4.59. The Bertz CT molecular complexity index is 562. The summed E-state index contributed by atoms with van der Waals surface area (Å²) in [6, 6.07) is 12.2. The Morgan fingerprint density at radius 2 is 1.79 bits per heavy atom. The fourth-order valence-corrected chi connectivity index (χ4v) is 3.22. The van der Waals surface area contributed by atoms with Gasteiger partial charge in [0.1, 0.15) is 0 Å². The van der Waals surface area contributed by atoms with Crippen LogP contribution in [-0.4, -0.2) is 17.9 Å². The van der Waals surface area contributed by atoms with Crippen molar-refractivity contribution in [2.75, 3.05) is 7.05 Å². The molecular weight excluding hydrogens is 322 g/mol. The van der Waals surface area contributed by atoms with Crippen LogP contribution in [0.4, 0.5) is 0 Å². The molecule has 1 amide bonds. The zero-order valence-electron chi connectivity index (χ0n) is 11.0. The van der Waals surface area contributed by atoms with Gasteiger partial charge in [-0.25, -0.2) is 0 Å². The van der Waals surface area contributed by atoms with Crippen molar-refractivity contribution < 1.29 is 4.79 Å². The topological polar surface area (TPSA) is 20.3 Å². The predicted molar refractivity (Wildman–Crippen MR) is 83.6 cm³/mol. The van der Waals surface area contributed by atoms with Crippen molar-refractivity contribution >= 4 is 33.2 Å². The fourth-order valence-electron chi connectivity index (χ4n) is 1.84.